The second-order valence-corrected chi connectivity index (χ2v) is 4.82. The van der Waals surface area contributed by atoms with E-state index in [9.17, 15) is 10.1 Å². The molecular weight excluding hydrogens is 274 g/mol. The predicted octanol–water partition coefficient (Wildman–Crippen LogP) is 4.05. The molecule has 2 aromatic rings. The van der Waals surface area contributed by atoms with E-state index >= 15 is 0 Å². The summed E-state index contributed by atoms with van der Waals surface area (Å²) in [4.78, 5) is 12.4. The van der Waals surface area contributed by atoms with Gasteiger partial charge >= 0.3 is 0 Å². The fourth-order valence-corrected chi connectivity index (χ4v) is 2.06. The Morgan fingerprint density at radius 2 is 1.77 bits per heavy atom. The van der Waals surface area contributed by atoms with Crippen molar-refractivity contribution in [1.29, 1.82) is 5.26 Å². The summed E-state index contributed by atoms with van der Waals surface area (Å²) in [6.45, 7) is 2.08. The second kappa shape index (κ2) is 7.24. The molecule has 0 bridgehead atoms. The maximum absolute atomic E-state index is 12.4. The lowest BCUT2D eigenvalue weighted by Crippen LogP contribution is -2.01. The molecule has 0 N–H and O–H groups in total. The number of hydrogen-bond acceptors (Lipinski definition) is 3. The van der Waals surface area contributed by atoms with Gasteiger partial charge < -0.3 is 4.74 Å². The number of Topliss-reactive ketones (excluding diaryl/α,β-unsaturated/α-hetero) is 1. The molecule has 2 aromatic carbocycles. The maximum Gasteiger partial charge on any atom is 0.203 e. The summed E-state index contributed by atoms with van der Waals surface area (Å²) in [5.41, 5.74) is 2.65. The third-order valence-electron chi connectivity index (χ3n) is 3.42. The van der Waals surface area contributed by atoms with Crippen molar-refractivity contribution in [3.8, 4) is 11.8 Å². The quantitative estimate of drug-likeness (QED) is 0.474. The lowest BCUT2D eigenvalue weighted by Gasteiger charge is -2.03. The lowest BCUT2D eigenvalue weighted by atomic mass is 10.0. The van der Waals surface area contributed by atoms with Gasteiger partial charge in [-0.15, -0.1) is 0 Å². The van der Waals surface area contributed by atoms with Gasteiger partial charge in [-0.3, -0.25) is 4.79 Å². The van der Waals surface area contributed by atoms with Crippen molar-refractivity contribution in [2.75, 3.05) is 7.11 Å². The topological polar surface area (TPSA) is 50.1 Å². The molecule has 0 aliphatic carbocycles. The summed E-state index contributed by atoms with van der Waals surface area (Å²) in [6, 6.07) is 16.5. The third kappa shape index (κ3) is 3.62. The number of rotatable bonds is 5. The van der Waals surface area contributed by atoms with Gasteiger partial charge in [0, 0.05) is 5.56 Å². The van der Waals surface area contributed by atoms with Gasteiger partial charge in [-0.2, -0.15) is 5.26 Å². The molecule has 0 atom stereocenters. The summed E-state index contributed by atoms with van der Waals surface area (Å²) in [6.07, 6.45) is 2.58. The average molecular weight is 291 g/mol. The van der Waals surface area contributed by atoms with Crippen molar-refractivity contribution in [3.63, 3.8) is 0 Å². The fourth-order valence-electron chi connectivity index (χ4n) is 2.06. The molecular formula is C19H17NO2. The first kappa shape index (κ1) is 15.5. The Bertz CT molecular complexity index is 720. The molecule has 3 heteroatoms. The van der Waals surface area contributed by atoms with E-state index in [1.807, 2.05) is 30.3 Å². The number of allylic oxidation sites excluding steroid dienone is 1. The smallest absolute Gasteiger partial charge is 0.203 e. The molecule has 0 saturated carbocycles. The molecule has 0 saturated heterocycles. The summed E-state index contributed by atoms with van der Waals surface area (Å²) < 4.78 is 5.06. The summed E-state index contributed by atoms with van der Waals surface area (Å²) >= 11 is 0. The van der Waals surface area contributed by atoms with Gasteiger partial charge in [0.25, 0.3) is 0 Å². The number of nitriles is 1. The van der Waals surface area contributed by atoms with Crippen LogP contribution in [0.3, 0.4) is 0 Å². The summed E-state index contributed by atoms with van der Waals surface area (Å²) in [5, 5.41) is 9.26. The Labute approximate surface area is 130 Å². The third-order valence-corrected chi connectivity index (χ3v) is 3.42. The first-order valence-corrected chi connectivity index (χ1v) is 7.07. The van der Waals surface area contributed by atoms with Crippen molar-refractivity contribution < 1.29 is 9.53 Å². The molecule has 0 heterocycles. The maximum atomic E-state index is 12.4. The molecule has 0 aliphatic rings. The van der Waals surface area contributed by atoms with E-state index in [0.29, 0.717) is 11.3 Å². The van der Waals surface area contributed by atoms with Gasteiger partial charge in [0.05, 0.1) is 7.11 Å². The van der Waals surface area contributed by atoms with Crippen LogP contribution in [0, 0.1) is 11.3 Å². The number of benzene rings is 2. The highest BCUT2D eigenvalue weighted by Gasteiger charge is 2.12. The lowest BCUT2D eigenvalue weighted by molar-refractivity contribution is 0.104. The molecule has 0 aliphatic heterocycles. The molecule has 0 spiro atoms. The van der Waals surface area contributed by atoms with Gasteiger partial charge in [0.15, 0.2) is 0 Å². The van der Waals surface area contributed by atoms with Crippen LogP contribution in [0.2, 0.25) is 0 Å². The van der Waals surface area contributed by atoms with Crippen molar-refractivity contribution in [1.82, 2.24) is 0 Å². The number of hydrogen-bond donors (Lipinski definition) is 0. The van der Waals surface area contributed by atoms with Gasteiger partial charge in [-0.25, -0.2) is 0 Å². The molecule has 0 fully saturated rings. The minimum absolute atomic E-state index is 0.120. The minimum Gasteiger partial charge on any atom is -0.497 e. The van der Waals surface area contributed by atoms with Crippen LogP contribution >= 0.6 is 0 Å². The van der Waals surface area contributed by atoms with Crippen LogP contribution in [0.25, 0.3) is 6.08 Å². The largest absolute Gasteiger partial charge is 0.497 e. The zero-order valence-electron chi connectivity index (χ0n) is 12.7. The highest BCUT2D eigenvalue weighted by Crippen LogP contribution is 2.16. The molecule has 22 heavy (non-hydrogen) atoms. The first-order chi connectivity index (χ1) is 10.7. The zero-order valence-corrected chi connectivity index (χ0v) is 12.7. The van der Waals surface area contributed by atoms with E-state index in [-0.39, 0.29) is 11.4 Å². The van der Waals surface area contributed by atoms with E-state index < -0.39 is 0 Å². The van der Waals surface area contributed by atoms with Crippen LogP contribution in [0.15, 0.2) is 54.1 Å². The Morgan fingerprint density at radius 1 is 1.14 bits per heavy atom. The van der Waals surface area contributed by atoms with Crippen LogP contribution in [0.1, 0.15) is 28.4 Å². The molecule has 0 unspecified atom stereocenters. The molecule has 110 valence electrons. The van der Waals surface area contributed by atoms with Crippen LogP contribution in [0.4, 0.5) is 0 Å². The van der Waals surface area contributed by atoms with E-state index in [2.05, 4.69) is 6.92 Å². The fraction of sp³-hybridized carbons (Fsp3) is 0.158. The molecule has 0 amide bonds. The van der Waals surface area contributed by atoms with E-state index in [1.54, 1.807) is 37.5 Å². The van der Waals surface area contributed by atoms with E-state index in [1.165, 1.54) is 5.56 Å². The Balaban J connectivity index is 2.27. The summed E-state index contributed by atoms with van der Waals surface area (Å²) in [7, 11) is 1.57. The number of nitrogens with zero attached hydrogens (tertiary/aromatic N) is 1. The number of ether oxygens (including phenoxy) is 1. The number of ketones is 1. The van der Waals surface area contributed by atoms with Crippen LogP contribution in [-0.4, -0.2) is 12.9 Å². The van der Waals surface area contributed by atoms with Gasteiger partial charge in [0.1, 0.15) is 17.4 Å². The molecule has 3 nitrogen and oxygen atoms in total. The molecule has 0 radical (unpaired) electrons. The van der Waals surface area contributed by atoms with Gasteiger partial charge in [-0.1, -0.05) is 31.2 Å². The zero-order chi connectivity index (χ0) is 15.9. The normalized spacial score (nSPS) is 10.9. The van der Waals surface area contributed by atoms with Crippen LogP contribution in [-0.2, 0) is 6.42 Å². The minimum atomic E-state index is -0.287. The number of methoxy groups -OCH3 is 1. The van der Waals surface area contributed by atoms with Gasteiger partial charge in [-0.05, 0) is 47.9 Å². The van der Waals surface area contributed by atoms with Crippen molar-refractivity contribution in [3.05, 3.63) is 70.8 Å². The van der Waals surface area contributed by atoms with E-state index in [0.717, 1.165) is 12.0 Å². The predicted molar refractivity (Wildman–Crippen MR) is 86.7 cm³/mol. The Hall–Kier alpha value is -2.86. The van der Waals surface area contributed by atoms with E-state index in [4.69, 9.17) is 4.74 Å². The number of aryl methyl sites for hydroxylation is 1. The molecule has 2 rings (SSSR count). The highest BCUT2D eigenvalue weighted by molar-refractivity contribution is 6.14. The van der Waals surface area contributed by atoms with Crippen molar-refractivity contribution >= 4 is 11.9 Å². The van der Waals surface area contributed by atoms with Crippen molar-refractivity contribution in [2.24, 2.45) is 0 Å². The SMILES string of the molecule is CCc1ccc(C=C(C#N)C(=O)c2ccc(OC)cc2)cc1. The number of carbonyl (C=O) groups excluding carboxylic acids is 1. The second-order valence-electron chi connectivity index (χ2n) is 4.82. The van der Waals surface area contributed by atoms with Crippen LogP contribution < -0.4 is 4.74 Å². The standard InChI is InChI=1S/C19H17NO2/c1-3-14-4-6-15(7-5-14)12-17(13-20)19(21)16-8-10-18(22-2)11-9-16/h4-12H,3H2,1-2H3. The first-order valence-electron chi connectivity index (χ1n) is 7.07. The summed E-state index contributed by atoms with van der Waals surface area (Å²) in [5.74, 6) is 0.388. The Kier molecular flexibility index (Phi) is 5.11. The van der Waals surface area contributed by atoms with Gasteiger partial charge in [0.2, 0.25) is 5.78 Å². The highest BCUT2D eigenvalue weighted by atomic mass is 16.5. The molecule has 0 aromatic heterocycles. The number of carbonyl (C=O) groups is 1. The Morgan fingerprint density at radius 3 is 2.27 bits per heavy atom. The van der Waals surface area contributed by atoms with Crippen LogP contribution in [0.5, 0.6) is 5.75 Å². The average Bonchev–Trinajstić information content (AvgIpc) is 2.59. The van der Waals surface area contributed by atoms with Crippen molar-refractivity contribution in [2.45, 2.75) is 13.3 Å². The monoisotopic (exact) mass is 291 g/mol.